The third kappa shape index (κ3) is 5.11. The predicted molar refractivity (Wildman–Crippen MR) is 284 cm³/mol. The molecule has 0 radical (unpaired) electrons. The summed E-state index contributed by atoms with van der Waals surface area (Å²) in [5.74, 6) is 0. The molecule has 2 aliphatic heterocycles. The van der Waals surface area contributed by atoms with Crippen LogP contribution in [-0.2, 0) is 10.8 Å². The van der Waals surface area contributed by atoms with Gasteiger partial charge in [-0.25, -0.2) is 0 Å². The fourth-order valence-electron chi connectivity index (χ4n) is 11.6. The first-order valence-electron chi connectivity index (χ1n) is 23.3. The van der Waals surface area contributed by atoms with Crippen molar-refractivity contribution in [3.63, 3.8) is 0 Å². The molecule has 0 fully saturated rings. The van der Waals surface area contributed by atoms with E-state index in [-0.39, 0.29) is 17.5 Å². The van der Waals surface area contributed by atoms with Crippen LogP contribution < -0.4 is 20.6 Å². The van der Waals surface area contributed by atoms with Crippen molar-refractivity contribution in [3.05, 3.63) is 187 Å². The molecule has 6 heterocycles. The molecule has 2 aliphatic rings. The van der Waals surface area contributed by atoms with Gasteiger partial charge in [-0.15, -0.1) is 11.3 Å². The summed E-state index contributed by atoms with van der Waals surface area (Å²) >= 11 is 1.98. The van der Waals surface area contributed by atoms with Gasteiger partial charge in [-0.3, -0.25) is 0 Å². The molecule has 0 saturated carbocycles. The van der Waals surface area contributed by atoms with E-state index >= 15 is 0 Å². The lowest BCUT2D eigenvalue weighted by molar-refractivity contribution is 0.590. The molecule has 12 aromatic rings. The average molecular weight is 867 g/mol. The lowest BCUT2D eigenvalue weighted by Gasteiger charge is -2.39. The van der Waals surface area contributed by atoms with Crippen LogP contribution in [0.3, 0.4) is 0 Å². The number of hydrogen-bond acceptors (Lipinski definition) is 2. The smallest absolute Gasteiger partial charge is 0.264 e. The Morgan fingerprint density at radius 1 is 0.455 bits per heavy atom. The lowest BCUT2D eigenvalue weighted by Crippen LogP contribution is -2.59. The summed E-state index contributed by atoms with van der Waals surface area (Å²) in [6, 6.07) is 64.5. The summed E-state index contributed by atoms with van der Waals surface area (Å²) in [4.78, 5) is 2.63. The minimum atomic E-state index is -0.00445. The van der Waals surface area contributed by atoms with Gasteiger partial charge in [0.25, 0.3) is 6.71 Å². The molecule has 0 aliphatic carbocycles. The molecule has 0 unspecified atom stereocenters. The van der Waals surface area contributed by atoms with E-state index in [0.717, 1.165) is 11.4 Å². The molecule has 0 atom stereocenters. The van der Waals surface area contributed by atoms with Crippen molar-refractivity contribution >= 4 is 115 Å². The van der Waals surface area contributed by atoms with Crippen LogP contribution in [0.2, 0.25) is 0 Å². The van der Waals surface area contributed by atoms with Gasteiger partial charge in [-0.05, 0) is 105 Å². The third-order valence-electron chi connectivity index (χ3n) is 14.7. The summed E-state index contributed by atoms with van der Waals surface area (Å²) < 4.78 is 10.3. The maximum Gasteiger partial charge on any atom is 0.264 e. The van der Waals surface area contributed by atoms with Crippen molar-refractivity contribution in [2.75, 3.05) is 4.90 Å². The van der Waals surface area contributed by atoms with Gasteiger partial charge in [0.05, 0.1) is 27.8 Å². The Bertz CT molecular complexity index is 4020. The van der Waals surface area contributed by atoms with Gasteiger partial charge in [0.15, 0.2) is 0 Å². The molecule has 6 heteroatoms. The monoisotopic (exact) mass is 866 g/mol. The predicted octanol–water partition coefficient (Wildman–Crippen LogP) is 14.2. The molecule has 0 bridgehead atoms. The van der Waals surface area contributed by atoms with E-state index in [0.29, 0.717) is 0 Å². The second kappa shape index (κ2) is 13.2. The molecule has 0 saturated heterocycles. The van der Waals surface area contributed by atoms with E-state index in [9.17, 15) is 0 Å². The van der Waals surface area contributed by atoms with Gasteiger partial charge >= 0.3 is 0 Å². The fourth-order valence-corrected chi connectivity index (χ4v) is 12.9. The zero-order chi connectivity index (χ0) is 44.4. The maximum absolute atomic E-state index is 2.67. The molecule has 316 valence electrons. The normalized spacial score (nSPS) is 13.5. The Morgan fingerprint density at radius 3 is 1.89 bits per heavy atom. The minimum Gasteiger partial charge on any atom is -0.316 e. The van der Waals surface area contributed by atoms with Crippen molar-refractivity contribution in [2.45, 2.75) is 52.4 Å². The van der Waals surface area contributed by atoms with Crippen LogP contribution in [0.25, 0.3) is 81.7 Å². The standard InChI is InChI=1S/C60H47BN4S/c1-59(2,3)37-23-26-40(27-24-37)64-50-34-41(62-32-31-36-15-10-12-21-48(36)62)35-51-53(50)61(58-57(64)46-33-38(60(4,5)6)25-30-52(46)66-58)47-20-14-19-43-45-29-28-44-42-18-11-13-22-49(42)63(39-16-8-7-9-17-39)55(44)56(45)65(51)54(43)47/h7-35H,1-6H3. The molecule has 0 N–H and O–H groups in total. The maximum atomic E-state index is 2.67. The van der Waals surface area contributed by atoms with Gasteiger partial charge < -0.3 is 18.6 Å². The topological polar surface area (TPSA) is 18.0 Å². The minimum absolute atomic E-state index is 0.00445. The van der Waals surface area contributed by atoms with Crippen molar-refractivity contribution in [3.8, 4) is 17.1 Å². The quantitative estimate of drug-likeness (QED) is 0.162. The zero-order valence-electron chi connectivity index (χ0n) is 38.0. The highest BCUT2D eigenvalue weighted by atomic mass is 32.1. The summed E-state index contributed by atoms with van der Waals surface area (Å²) in [5, 5.41) is 7.62. The SMILES string of the molecule is CC(C)(C)c1ccc(N2c3cc(-n4ccc5ccccc54)cc4c3B(c3sc5ccc(C(C)(C)C)cc5c32)c2cccc3c5ccc6c7ccccc7n(-c7ccccc7)c6c5n-4c23)cc1. The van der Waals surface area contributed by atoms with E-state index in [2.05, 4.69) is 236 Å². The van der Waals surface area contributed by atoms with Gasteiger partial charge in [0.2, 0.25) is 0 Å². The largest absolute Gasteiger partial charge is 0.316 e. The van der Waals surface area contributed by atoms with Crippen molar-refractivity contribution < 1.29 is 0 Å². The number of thiophene rings is 1. The van der Waals surface area contributed by atoms with E-state index in [1.807, 2.05) is 11.3 Å². The molecule has 0 spiro atoms. The Morgan fingerprint density at radius 2 is 1.11 bits per heavy atom. The number of hydrogen-bond donors (Lipinski definition) is 0. The van der Waals surface area contributed by atoms with E-state index in [1.165, 1.54) is 114 Å². The summed E-state index contributed by atoms with van der Waals surface area (Å²) in [7, 11) is 0. The highest BCUT2D eigenvalue weighted by Crippen LogP contribution is 2.49. The molecule has 4 aromatic heterocycles. The van der Waals surface area contributed by atoms with Crippen LogP contribution in [0.4, 0.5) is 17.1 Å². The van der Waals surface area contributed by atoms with E-state index in [4.69, 9.17) is 0 Å². The van der Waals surface area contributed by atoms with Crippen molar-refractivity contribution in [1.82, 2.24) is 13.7 Å². The summed E-state index contributed by atoms with van der Waals surface area (Å²) in [6.45, 7) is 13.9. The number of benzene rings is 8. The second-order valence-electron chi connectivity index (χ2n) is 20.6. The number of aromatic nitrogens is 3. The highest BCUT2D eigenvalue weighted by Gasteiger charge is 2.45. The number of para-hydroxylation sites is 4. The number of fused-ring (bicyclic) bond motifs is 14. The Kier molecular flexibility index (Phi) is 7.59. The van der Waals surface area contributed by atoms with Crippen molar-refractivity contribution in [1.29, 1.82) is 0 Å². The van der Waals surface area contributed by atoms with Gasteiger partial charge in [-0.1, -0.05) is 145 Å². The first-order chi connectivity index (χ1) is 32.0. The Hall–Kier alpha value is -7.28. The molecule has 4 nitrogen and oxygen atoms in total. The molecular weight excluding hydrogens is 820 g/mol. The van der Waals surface area contributed by atoms with Crippen LogP contribution >= 0.6 is 11.3 Å². The van der Waals surface area contributed by atoms with Crippen LogP contribution in [0.5, 0.6) is 0 Å². The lowest BCUT2D eigenvalue weighted by atomic mass is 9.36. The van der Waals surface area contributed by atoms with E-state index in [1.54, 1.807) is 0 Å². The van der Waals surface area contributed by atoms with Crippen molar-refractivity contribution in [2.24, 2.45) is 0 Å². The number of nitrogens with zero attached hydrogens (tertiary/aromatic N) is 4. The Labute approximate surface area is 388 Å². The second-order valence-corrected chi connectivity index (χ2v) is 21.7. The van der Waals surface area contributed by atoms with Gasteiger partial charge in [0, 0.05) is 76.6 Å². The number of rotatable bonds is 3. The van der Waals surface area contributed by atoms with Crippen LogP contribution in [0.15, 0.2) is 176 Å². The van der Waals surface area contributed by atoms with Crippen LogP contribution in [-0.4, -0.2) is 20.4 Å². The molecule has 66 heavy (non-hydrogen) atoms. The summed E-state index contributed by atoms with van der Waals surface area (Å²) in [5.41, 5.74) is 18.8. The van der Waals surface area contributed by atoms with Crippen LogP contribution in [0.1, 0.15) is 52.7 Å². The average Bonchev–Trinajstić information content (AvgIpc) is 4.10. The van der Waals surface area contributed by atoms with E-state index < -0.39 is 0 Å². The zero-order valence-corrected chi connectivity index (χ0v) is 38.8. The molecule has 14 rings (SSSR count). The van der Waals surface area contributed by atoms with Gasteiger partial charge in [0.1, 0.15) is 0 Å². The molecule has 8 aromatic carbocycles. The number of anilines is 3. The highest BCUT2D eigenvalue weighted by molar-refractivity contribution is 7.33. The van der Waals surface area contributed by atoms with Gasteiger partial charge in [-0.2, -0.15) is 0 Å². The molecular formula is C60H47BN4S. The first-order valence-corrected chi connectivity index (χ1v) is 24.1. The van der Waals surface area contributed by atoms with Crippen LogP contribution in [0, 0.1) is 0 Å². The Balaban J connectivity index is 1.19. The summed E-state index contributed by atoms with van der Waals surface area (Å²) in [6.07, 6.45) is 2.26. The fraction of sp³-hybridized carbons (Fsp3) is 0.133. The first kappa shape index (κ1) is 38.0. The molecule has 0 amide bonds. The third-order valence-corrected chi connectivity index (χ3v) is 16.0.